The first-order valence-electron chi connectivity index (χ1n) is 8.26. The van der Waals surface area contributed by atoms with Crippen molar-refractivity contribution in [3.8, 4) is 11.3 Å². The minimum atomic E-state index is -0.406. The smallest absolute Gasteiger partial charge is 0.271 e. The number of hydrogen-bond acceptors (Lipinski definition) is 7. The molecule has 0 spiro atoms. The molecule has 2 aromatic heterocycles. The van der Waals surface area contributed by atoms with E-state index in [0.717, 1.165) is 11.1 Å². The van der Waals surface area contributed by atoms with Crippen molar-refractivity contribution in [3.05, 3.63) is 59.2 Å². The van der Waals surface area contributed by atoms with E-state index in [1.807, 2.05) is 0 Å². The van der Waals surface area contributed by atoms with Gasteiger partial charge in [0.05, 0.1) is 6.61 Å². The highest BCUT2D eigenvalue weighted by molar-refractivity contribution is 5.92. The van der Waals surface area contributed by atoms with Crippen LogP contribution in [0.4, 0.5) is 10.2 Å². The van der Waals surface area contributed by atoms with Crippen LogP contribution >= 0.6 is 0 Å². The second-order valence-corrected chi connectivity index (χ2v) is 5.71. The zero-order chi connectivity index (χ0) is 19.2. The Bertz CT molecular complexity index is 910. The number of carbonyl (C=O) groups excluding carboxylic acids is 1. The molecule has 0 bridgehead atoms. The second-order valence-electron chi connectivity index (χ2n) is 5.71. The van der Waals surface area contributed by atoms with E-state index in [-0.39, 0.29) is 24.7 Å². The van der Waals surface area contributed by atoms with Gasteiger partial charge in [0.25, 0.3) is 5.91 Å². The van der Waals surface area contributed by atoms with E-state index in [2.05, 4.69) is 26.0 Å². The van der Waals surface area contributed by atoms with Gasteiger partial charge >= 0.3 is 0 Å². The fraction of sp³-hybridized carbons (Fsp3) is 0.222. The SMILES string of the molecule is Cc1onc(-c2ccc(F)cc2)c1CNc1ccc(C(=O)NCCO)nn1. The minimum absolute atomic E-state index is 0.146. The molecule has 3 rings (SSSR count). The van der Waals surface area contributed by atoms with Gasteiger partial charge in [-0.05, 0) is 43.3 Å². The van der Waals surface area contributed by atoms with Crippen molar-refractivity contribution < 1.29 is 18.8 Å². The topological polar surface area (TPSA) is 113 Å². The Kier molecular flexibility index (Phi) is 5.72. The van der Waals surface area contributed by atoms with Crippen molar-refractivity contribution >= 4 is 11.7 Å². The summed E-state index contributed by atoms with van der Waals surface area (Å²) in [6.07, 6.45) is 0. The molecule has 0 aliphatic heterocycles. The molecule has 0 unspecified atom stereocenters. The number of nitrogens with one attached hydrogen (secondary N) is 2. The molecular formula is C18H18FN5O3. The zero-order valence-corrected chi connectivity index (χ0v) is 14.6. The first-order chi connectivity index (χ1) is 13.1. The summed E-state index contributed by atoms with van der Waals surface area (Å²) in [4.78, 5) is 11.7. The Morgan fingerprint density at radius 1 is 1.19 bits per heavy atom. The van der Waals surface area contributed by atoms with Crippen LogP contribution in [0.15, 0.2) is 40.9 Å². The molecule has 0 aliphatic carbocycles. The van der Waals surface area contributed by atoms with Gasteiger partial charge < -0.3 is 20.3 Å². The van der Waals surface area contributed by atoms with Crippen LogP contribution in [0.3, 0.4) is 0 Å². The average molecular weight is 371 g/mol. The van der Waals surface area contributed by atoms with Crippen LogP contribution in [0.2, 0.25) is 0 Å². The Balaban J connectivity index is 1.69. The van der Waals surface area contributed by atoms with Gasteiger partial charge in [-0.2, -0.15) is 0 Å². The number of carbonyl (C=O) groups is 1. The highest BCUT2D eigenvalue weighted by atomic mass is 19.1. The summed E-state index contributed by atoms with van der Waals surface area (Å²) in [5.41, 5.74) is 2.33. The van der Waals surface area contributed by atoms with Gasteiger partial charge in [-0.1, -0.05) is 5.16 Å². The predicted octanol–water partition coefficient (Wildman–Crippen LogP) is 1.91. The van der Waals surface area contributed by atoms with Crippen LogP contribution in [0.1, 0.15) is 21.8 Å². The number of aryl methyl sites for hydroxylation is 1. The lowest BCUT2D eigenvalue weighted by Crippen LogP contribution is -2.27. The van der Waals surface area contributed by atoms with Crippen LogP contribution in [-0.4, -0.2) is 39.5 Å². The highest BCUT2D eigenvalue weighted by Gasteiger charge is 2.15. The third kappa shape index (κ3) is 4.45. The molecule has 0 saturated carbocycles. The molecule has 1 amide bonds. The summed E-state index contributed by atoms with van der Waals surface area (Å²) >= 11 is 0. The van der Waals surface area contributed by atoms with Crippen LogP contribution in [0, 0.1) is 12.7 Å². The number of aromatic nitrogens is 3. The third-order valence-electron chi connectivity index (χ3n) is 3.84. The third-order valence-corrected chi connectivity index (χ3v) is 3.84. The minimum Gasteiger partial charge on any atom is -0.395 e. The second kappa shape index (κ2) is 8.37. The Morgan fingerprint density at radius 2 is 1.96 bits per heavy atom. The molecule has 3 N–H and O–H groups in total. The number of amides is 1. The van der Waals surface area contributed by atoms with Gasteiger partial charge in [-0.25, -0.2) is 4.39 Å². The van der Waals surface area contributed by atoms with E-state index in [9.17, 15) is 9.18 Å². The number of hydrogen-bond donors (Lipinski definition) is 3. The molecule has 1 aromatic carbocycles. The number of anilines is 1. The van der Waals surface area contributed by atoms with Gasteiger partial charge in [0, 0.05) is 24.2 Å². The molecule has 0 atom stereocenters. The number of halogens is 1. The molecule has 0 radical (unpaired) electrons. The Hall–Kier alpha value is -3.33. The molecular weight excluding hydrogens is 353 g/mol. The number of aliphatic hydroxyl groups is 1. The van der Waals surface area contributed by atoms with E-state index in [0.29, 0.717) is 23.8 Å². The van der Waals surface area contributed by atoms with Gasteiger partial charge in [-0.3, -0.25) is 4.79 Å². The number of nitrogens with zero attached hydrogens (tertiary/aromatic N) is 3. The fourth-order valence-corrected chi connectivity index (χ4v) is 2.42. The van der Waals surface area contributed by atoms with E-state index < -0.39 is 5.91 Å². The van der Waals surface area contributed by atoms with E-state index in [1.165, 1.54) is 18.2 Å². The summed E-state index contributed by atoms with van der Waals surface area (Å²) in [5.74, 6) is 0.378. The van der Waals surface area contributed by atoms with Crippen molar-refractivity contribution in [2.24, 2.45) is 0 Å². The predicted molar refractivity (Wildman–Crippen MR) is 95.4 cm³/mol. The lowest BCUT2D eigenvalue weighted by Gasteiger charge is -2.07. The summed E-state index contributed by atoms with van der Waals surface area (Å²) in [6, 6.07) is 9.15. The summed E-state index contributed by atoms with van der Waals surface area (Å²) < 4.78 is 18.4. The molecule has 140 valence electrons. The quantitative estimate of drug-likeness (QED) is 0.581. The first-order valence-corrected chi connectivity index (χ1v) is 8.26. The van der Waals surface area contributed by atoms with Gasteiger partial charge in [-0.15, -0.1) is 10.2 Å². The van der Waals surface area contributed by atoms with Crippen molar-refractivity contribution in [1.82, 2.24) is 20.7 Å². The Morgan fingerprint density at radius 3 is 2.63 bits per heavy atom. The summed E-state index contributed by atoms with van der Waals surface area (Å²) in [5, 5.41) is 26.2. The van der Waals surface area contributed by atoms with E-state index in [4.69, 9.17) is 9.63 Å². The summed E-state index contributed by atoms with van der Waals surface area (Å²) in [6.45, 7) is 2.16. The lowest BCUT2D eigenvalue weighted by molar-refractivity contribution is 0.0939. The molecule has 2 heterocycles. The first kappa shape index (κ1) is 18.5. The van der Waals surface area contributed by atoms with E-state index >= 15 is 0 Å². The standard InChI is InChI=1S/C18H18FN5O3/c1-11-14(17(24-27-11)12-2-4-13(19)5-3-12)10-21-16-7-6-15(22-23-16)18(26)20-8-9-25/h2-7,25H,8-10H2,1H3,(H,20,26)(H,21,23). The average Bonchev–Trinajstić information content (AvgIpc) is 3.06. The number of aliphatic hydroxyl groups excluding tert-OH is 1. The molecule has 0 saturated heterocycles. The molecule has 0 aliphatic rings. The van der Waals surface area contributed by atoms with Gasteiger partial charge in [0.15, 0.2) is 5.69 Å². The van der Waals surface area contributed by atoms with Crippen LogP contribution in [-0.2, 0) is 6.54 Å². The molecule has 27 heavy (non-hydrogen) atoms. The number of rotatable bonds is 7. The van der Waals surface area contributed by atoms with Crippen molar-refractivity contribution in [3.63, 3.8) is 0 Å². The lowest BCUT2D eigenvalue weighted by atomic mass is 10.1. The van der Waals surface area contributed by atoms with Crippen LogP contribution in [0.5, 0.6) is 0 Å². The van der Waals surface area contributed by atoms with Crippen LogP contribution in [0.25, 0.3) is 11.3 Å². The molecule has 3 aromatic rings. The van der Waals surface area contributed by atoms with Crippen molar-refractivity contribution in [2.45, 2.75) is 13.5 Å². The van der Waals surface area contributed by atoms with E-state index in [1.54, 1.807) is 25.1 Å². The van der Waals surface area contributed by atoms with Crippen molar-refractivity contribution in [1.29, 1.82) is 0 Å². The zero-order valence-electron chi connectivity index (χ0n) is 14.6. The van der Waals surface area contributed by atoms with Gasteiger partial charge in [0.2, 0.25) is 0 Å². The summed E-state index contributed by atoms with van der Waals surface area (Å²) in [7, 11) is 0. The monoisotopic (exact) mass is 371 g/mol. The Labute approximate surface area is 154 Å². The largest absolute Gasteiger partial charge is 0.395 e. The normalized spacial score (nSPS) is 10.6. The molecule has 0 fully saturated rings. The van der Waals surface area contributed by atoms with Crippen LogP contribution < -0.4 is 10.6 Å². The maximum Gasteiger partial charge on any atom is 0.271 e. The maximum atomic E-state index is 13.1. The highest BCUT2D eigenvalue weighted by Crippen LogP contribution is 2.26. The fourth-order valence-electron chi connectivity index (χ4n) is 2.42. The maximum absolute atomic E-state index is 13.1. The molecule has 8 nitrogen and oxygen atoms in total. The number of benzene rings is 1. The molecule has 9 heteroatoms. The van der Waals surface area contributed by atoms with Gasteiger partial charge in [0.1, 0.15) is 23.1 Å². The van der Waals surface area contributed by atoms with Crippen molar-refractivity contribution in [2.75, 3.05) is 18.5 Å².